The topological polar surface area (TPSA) is 97.4 Å². The summed E-state index contributed by atoms with van der Waals surface area (Å²) in [4.78, 5) is 2.30. The lowest BCUT2D eigenvalue weighted by Crippen LogP contribution is -2.34. The lowest BCUT2D eigenvalue weighted by Gasteiger charge is -2.25. The first-order valence-corrected chi connectivity index (χ1v) is 12.0. The Morgan fingerprint density at radius 1 is 1.06 bits per heavy atom. The second-order valence-electron chi connectivity index (χ2n) is 8.80. The lowest BCUT2D eigenvalue weighted by atomic mass is 9.93. The van der Waals surface area contributed by atoms with Gasteiger partial charge in [0.1, 0.15) is 18.1 Å². The molecule has 1 aliphatic heterocycles. The summed E-state index contributed by atoms with van der Waals surface area (Å²) < 4.78 is 22.7. The third-order valence-corrected chi connectivity index (χ3v) is 6.25. The van der Waals surface area contributed by atoms with Crippen LogP contribution in [0.1, 0.15) is 24.5 Å². The maximum absolute atomic E-state index is 10.0. The number of hydrogen-bond donors (Lipinski definition) is 2. The van der Waals surface area contributed by atoms with Crippen molar-refractivity contribution in [3.8, 4) is 39.8 Å². The number of hydrogen-bond acceptors (Lipinski definition) is 8. The summed E-state index contributed by atoms with van der Waals surface area (Å²) in [6.45, 7) is 4.36. The second-order valence-corrected chi connectivity index (χ2v) is 8.80. The number of methoxy groups -OCH3 is 2. The molecule has 35 heavy (non-hydrogen) atoms. The molecule has 0 saturated carbocycles. The zero-order valence-corrected chi connectivity index (χ0v) is 20.6. The fraction of sp³-hybridized carbons (Fsp3) is 0.444. The van der Waals surface area contributed by atoms with Gasteiger partial charge in [0.05, 0.1) is 26.9 Å². The van der Waals surface area contributed by atoms with Crippen molar-refractivity contribution in [3.63, 3.8) is 0 Å². The fourth-order valence-electron chi connectivity index (χ4n) is 4.62. The van der Waals surface area contributed by atoms with Crippen molar-refractivity contribution in [2.24, 2.45) is 0 Å². The molecule has 2 heterocycles. The minimum absolute atomic E-state index is 0.0295. The van der Waals surface area contributed by atoms with E-state index in [1.54, 1.807) is 14.2 Å². The number of rotatable bonds is 8. The summed E-state index contributed by atoms with van der Waals surface area (Å²) in [7, 11) is 3.26. The third-order valence-electron chi connectivity index (χ3n) is 6.25. The molecular formula is C27H34N2O6. The first-order chi connectivity index (χ1) is 17.0. The van der Waals surface area contributed by atoms with Crippen LogP contribution in [0.5, 0.6) is 17.2 Å². The van der Waals surface area contributed by atoms with Crippen LogP contribution < -0.4 is 14.2 Å². The van der Waals surface area contributed by atoms with E-state index in [9.17, 15) is 5.11 Å². The molecule has 2 N–H and O–H groups in total. The zero-order chi connectivity index (χ0) is 24.8. The molecule has 188 valence electrons. The Morgan fingerprint density at radius 3 is 2.49 bits per heavy atom. The highest BCUT2D eigenvalue weighted by molar-refractivity contribution is 5.76. The average Bonchev–Trinajstić information content (AvgIpc) is 3.28. The van der Waals surface area contributed by atoms with Crippen LogP contribution in [0.25, 0.3) is 22.6 Å². The van der Waals surface area contributed by atoms with Gasteiger partial charge in [-0.25, -0.2) is 0 Å². The summed E-state index contributed by atoms with van der Waals surface area (Å²) in [5.41, 5.74) is 4.81. The maximum Gasteiger partial charge on any atom is 0.171 e. The maximum atomic E-state index is 10.0. The Morgan fingerprint density at radius 2 is 1.80 bits per heavy atom. The molecule has 2 aromatic carbocycles. The summed E-state index contributed by atoms with van der Waals surface area (Å²) in [6.07, 6.45) is 2.07. The number of aliphatic hydroxyl groups excluding tert-OH is 2. The number of ether oxygens (including phenoxy) is 3. The summed E-state index contributed by atoms with van der Waals surface area (Å²) in [6, 6.07) is 11.6. The van der Waals surface area contributed by atoms with Gasteiger partial charge in [0, 0.05) is 29.8 Å². The van der Waals surface area contributed by atoms with E-state index in [0.29, 0.717) is 23.8 Å². The van der Waals surface area contributed by atoms with Gasteiger partial charge in [0.2, 0.25) is 0 Å². The number of nitrogens with zero attached hydrogens (tertiary/aromatic N) is 2. The lowest BCUT2D eigenvalue weighted by molar-refractivity contribution is 0.126. The molecule has 0 spiro atoms. The Labute approximate surface area is 206 Å². The molecule has 3 aromatic rings. The van der Waals surface area contributed by atoms with Crippen molar-refractivity contribution in [2.45, 2.75) is 32.3 Å². The molecule has 1 unspecified atom stereocenters. The van der Waals surface area contributed by atoms with E-state index in [0.717, 1.165) is 66.1 Å². The molecule has 8 nitrogen and oxygen atoms in total. The standard InChI is InChI=1S/C27H34N2O6/c1-18(31)17-29-11-4-5-22-26(19-6-8-21(9-7-19)34-14-13-30)28-35-27(22)23-16-25(33-3)24(32-2)15-20(23)10-12-29/h6-9,15-16,18,30-31H,4-5,10-14,17H2,1-3H3. The van der Waals surface area contributed by atoms with Crippen molar-refractivity contribution in [3.05, 3.63) is 47.5 Å². The quantitative estimate of drug-likeness (QED) is 0.503. The minimum atomic E-state index is -0.393. The van der Waals surface area contributed by atoms with E-state index in [1.807, 2.05) is 43.3 Å². The highest BCUT2D eigenvalue weighted by Gasteiger charge is 2.25. The van der Waals surface area contributed by atoms with Crippen LogP contribution in [0, 0.1) is 0 Å². The van der Waals surface area contributed by atoms with Gasteiger partial charge in [-0.1, -0.05) is 5.16 Å². The minimum Gasteiger partial charge on any atom is -0.493 e. The predicted octanol–water partition coefficient (Wildman–Crippen LogP) is 3.57. The Kier molecular flexibility index (Phi) is 8.28. The number of β-amino-alcohol motifs (C(OH)–C–C–N with tert-alkyl or cyclic N) is 1. The van der Waals surface area contributed by atoms with Crippen molar-refractivity contribution in [1.29, 1.82) is 0 Å². The third kappa shape index (κ3) is 5.78. The van der Waals surface area contributed by atoms with Gasteiger partial charge in [0.15, 0.2) is 17.3 Å². The highest BCUT2D eigenvalue weighted by Crippen LogP contribution is 2.41. The van der Waals surface area contributed by atoms with Gasteiger partial charge in [0.25, 0.3) is 0 Å². The Hall–Kier alpha value is -3.07. The first-order valence-electron chi connectivity index (χ1n) is 12.0. The van der Waals surface area contributed by atoms with Crippen LogP contribution in [0.3, 0.4) is 0 Å². The van der Waals surface area contributed by atoms with Gasteiger partial charge in [-0.05, 0) is 74.7 Å². The molecule has 0 aliphatic carbocycles. The number of benzene rings is 2. The monoisotopic (exact) mass is 482 g/mol. The van der Waals surface area contributed by atoms with Crippen molar-refractivity contribution >= 4 is 0 Å². The fourth-order valence-corrected chi connectivity index (χ4v) is 4.62. The van der Waals surface area contributed by atoms with Gasteiger partial charge < -0.3 is 33.8 Å². The van der Waals surface area contributed by atoms with E-state index in [4.69, 9.17) is 23.8 Å². The molecular weight excluding hydrogens is 448 g/mol. The normalized spacial score (nSPS) is 15.1. The van der Waals surface area contributed by atoms with Crippen LogP contribution in [-0.4, -0.2) is 73.4 Å². The van der Waals surface area contributed by atoms with E-state index in [-0.39, 0.29) is 13.2 Å². The summed E-state index contributed by atoms with van der Waals surface area (Å²) >= 11 is 0. The molecule has 0 saturated heterocycles. The van der Waals surface area contributed by atoms with E-state index < -0.39 is 6.10 Å². The number of aromatic nitrogens is 1. The summed E-state index contributed by atoms with van der Waals surface area (Å²) in [5.74, 6) is 2.75. The molecule has 1 aliphatic rings. The number of fused-ring (bicyclic) bond motifs is 3. The van der Waals surface area contributed by atoms with Crippen molar-refractivity contribution in [2.75, 3.05) is 47.1 Å². The molecule has 1 aromatic heterocycles. The number of aliphatic hydroxyl groups is 2. The van der Waals surface area contributed by atoms with Crippen LogP contribution >= 0.6 is 0 Å². The summed E-state index contributed by atoms with van der Waals surface area (Å²) in [5, 5.41) is 23.5. The van der Waals surface area contributed by atoms with E-state index >= 15 is 0 Å². The van der Waals surface area contributed by atoms with Gasteiger partial charge in [-0.2, -0.15) is 0 Å². The van der Waals surface area contributed by atoms with Crippen LogP contribution in [0.4, 0.5) is 0 Å². The molecule has 1 atom stereocenters. The second kappa shape index (κ2) is 11.6. The molecule has 8 heteroatoms. The van der Waals surface area contributed by atoms with Gasteiger partial charge >= 0.3 is 0 Å². The SMILES string of the molecule is COc1cc2c(cc1OC)-c1onc(-c3ccc(OCCO)cc3)c1CCCN(CC(C)O)CC2. The molecule has 4 rings (SSSR count). The van der Waals surface area contributed by atoms with Gasteiger partial charge in [-0.15, -0.1) is 0 Å². The largest absolute Gasteiger partial charge is 0.493 e. The van der Waals surface area contributed by atoms with Crippen LogP contribution in [0.2, 0.25) is 0 Å². The zero-order valence-electron chi connectivity index (χ0n) is 20.6. The first kappa shape index (κ1) is 25.0. The van der Waals surface area contributed by atoms with Crippen molar-refractivity contribution in [1.82, 2.24) is 10.1 Å². The van der Waals surface area contributed by atoms with Crippen LogP contribution in [-0.2, 0) is 12.8 Å². The Bertz CT molecular complexity index is 1110. The molecule has 0 fully saturated rings. The highest BCUT2D eigenvalue weighted by atomic mass is 16.5. The predicted molar refractivity (Wildman–Crippen MR) is 133 cm³/mol. The Balaban J connectivity index is 1.77. The van der Waals surface area contributed by atoms with Crippen LogP contribution in [0.15, 0.2) is 40.9 Å². The van der Waals surface area contributed by atoms with Gasteiger partial charge in [-0.3, -0.25) is 0 Å². The molecule has 0 amide bonds. The van der Waals surface area contributed by atoms with E-state index in [1.165, 1.54) is 0 Å². The molecule has 0 bridgehead atoms. The van der Waals surface area contributed by atoms with E-state index in [2.05, 4.69) is 10.1 Å². The van der Waals surface area contributed by atoms with Crippen molar-refractivity contribution < 1.29 is 28.9 Å². The average molecular weight is 483 g/mol. The smallest absolute Gasteiger partial charge is 0.171 e. The molecule has 0 radical (unpaired) electrons.